The first kappa shape index (κ1) is 21.1. The summed E-state index contributed by atoms with van der Waals surface area (Å²) < 4.78 is 0. The molecule has 4 rings (SSSR count). The molecule has 2 heterocycles. The molecule has 0 unspecified atom stereocenters. The van der Waals surface area contributed by atoms with Crippen LogP contribution in [0.3, 0.4) is 0 Å². The zero-order valence-electron chi connectivity index (χ0n) is 18.0. The van der Waals surface area contributed by atoms with Gasteiger partial charge in [-0.25, -0.2) is 0 Å². The number of hydrogen-bond donors (Lipinski definition) is 1. The molecule has 0 saturated carbocycles. The Hall–Kier alpha value is -3.15. The summed E-state index contributed by atoms with van der Waals surface area (Å²) in [5.41, 5.74) is 2.94. The van der Waals surface area contributed by atoms with Crippen molar-refractivity contribution >= 4 is 29.1 Å². The summed E-state index contributed by atoms with van der Waals surface area (Å²) in [6.07, 6.45) is 4.63. The summed E-state index contributed by atoms with van der Waals surface area (Å²) in [5, 5.41) is 2.90. The molecule has 0 aromatic heterocycles. The highest BCUT2D eigenvalue weighted by molar-refractivity contribution is 6.06. The molecule has 2 aromatic rings. The van der Waals surface area contributed by atoms with Crippen LogP contribution in [0.2, 0.25) is 0 Å². The maximum atomic E-state index is 13.0. The van der Waals surface area contributed by atoms with Gasteiger partial charge in [-0.2, -0.15) is 0 Å². The molecule has 3 amide bonds. The lowest BCUT2D eigenvalue weighted by Crippen LogP contribution is -2.38. The quantitative estimate of drug-likeness (QED) is 0.814. The summed E-state index contributed by atoms with van der Waals surface area (Å²) in [6.45, 7) is 3.92. The lowest BCUT2D eigenvalue weighted by atomic mass is 10.1. The molecule has 2 aliphatic heterocycles. The Labute approximate surface area is 183 Å². The highest BCUT2D eigenvalue weighted by Gasteiger charge is 2.37. The molecule has 162 valence electrons. The fraction of sp³-hybridized carbons (Fsp3) is 0.400. The van der Waals surface area contributed by atoms with E-state index in [2.05, 4.69) is 5.32 Å². The van der Waals surface area contributed by atoms with Crippen LogP contribution in [0.1, 0.15) is 48.0 Å². The number of amides is 3. The lowest BCUT2D eigenvalue weighted by Gasteiger charge is -2.24. The summed E-state index contributed by atoms with van der Waals surface area (Å²) in [6, 6.07) is 14.7. The van der Waals surface area contributed by atoms with E-state index in [1.54, 1.807) is 23.1 Å². The number of nitrogens with one attached hydrogen (secondary N) is 1. The standard InChI is InChI=1S/C25H29N3O3/c1-18-8-6-10-21(14-18)26-24(30)19-9-7-11-22(15-19)28-17-20(16-23(28)29)25(31)27-12-4-2-3-5-13-27/h6-11,14-15,20H,2-5,12-13,16-17H2,1H3,(H,26,30)/t20-/m0/s1. The third kappa shape index (κ3) is 4.95. The Balaban J connectivity index is 1.45. The van der Waals surface area contributed by atoms with Gasteiger partial charge in [0, 0.05) is 43.0 Å². The number of nitrogens with zero attached hydrogens (tertiary/aromatic N) is 2. The van der Waals surface area contributed by atoms with Crippen molar-refractivity contribution in [2.24, 2.45) is 5.92 Å². The molecule has 0 spiro atoms. The van der Waals surface area contributed by atoms with Gasteiger partial charge in [0.25, 0.3) is 5.91 Å². The van der Waals surface area contributed by atoms with Gasteiger partial charge < -0.3 is 15.1 Å². The molecule has 2 saturated heterocycles. The van der Waals surface area contributed by atoms with Crippen LogP contribution in [0.4, 0.5) is 11.4 Å². The van der Waals surface area contributed by atoms with Crippen molar-refractivity contribution in [3.8, 4) is 0 Å². The zero-order valence-corrected chi connectivity index (χ0v) is 18.0. The van der Waals surface area contributed by atoms with Gasteiger partial charge in [0.15, 0.2) is 0 Å². The highest BCUT2D eigenvalue weighted by atomic mass is 16.2. The number of likely N-dealkylation sites (tertiary alicyclic amines) is 1. The first-order valence-corrected chi connectivity index (χ1v) is 11.1. The second-order valence-corrected chi connectivity index (χ2v) is 8.52. The number of carbonyl (C=O) groups is 3. The van der Waals surface area contributed by atoms with E-state index in [4.69, 9.17) is 0 Å². The second-order valence-electron chi connectivity index (χ2n) is 8.52. The minimum atomic E-state index is -0.310. The largest absolute Gasteiger partial charge is 0.342 e. The Morgan fingerprint density at radius 3 is 2.45 bits per heavy atom. The predicted molar refractivity (Wildman–Crippen MR) is 121 cm³/mol. The smallest absolute Gasteiger partial charge is 0.255 e. The normalized spacial score (nSPS) is 19.3. The molecule has 1 N–H and O–H groups in total. The fourth-order valence-corrected chi connectivity index (χ4v) is 4.41. The number of hydrogen-bond acceptors (Lipinski definition) is 3. The maximum Gasteiger partial charge on any atom is 0.255 e. The third-order valence-electron chi connectivity index (χ3n) is 6.09. The van der Waals surface area contributed by atoms with Gasteiger partial charge in [-0.1, -0.05) is 31.0 Å². The zero-order chi connectivity index (χ0) is 21.8. The minimum Gasteiger partial charge on any atom is -0.342 e. The Morgan fingerprint density at radius 1 is 0.968 bits per heavy atom. The van der Waals surface area contributed by atoms with Gasteiger partial charge in [-0.3, -0.25) is 14.4 Å². The van der Waals surface area contributed by atoms with Crippen LogP contribution in [0, 0.1) is 12.8 Å². The van der Waals surface area contributed by atoms with E-state index in [9.17, 15) is 14.4 Å². The second kappa shape index (κ2) is 9.33. The van der Waals surface area contributed by atoms with E-state index in [-0.39, 0.29) is 30.1 Å². The first-order chi connectivity index (χ1) is 15.0. The first-order valence-electron chi connectivity index (χ1n) is 11.1. The van der Waals surface area contributed by atoms with Crippen molar-refractivity contribution in [1.82, 2.24) is 4.90 Å². The fourth-order valence-electron chi connectivity index (χ4n) is 4.41. The number of anilines is 2. The van der Waals surface area contributed by atoms with Crippen molar-refractivity contribution in [1.29, 1.82) is 0 Å². The molecule has 0 aliphatic carbocycles. The van der Waals surface area contributed by atoms with Crippen LogP contribution in [0.5, 0.6) is 0 Å². The predicted octanol–water partition coefficient (Wildman–Crippen LogP) is 4.00. The van der Waals surface area contributed by atoms with Crippen molar-refractivity contribution in [3.63, 3.8) is 0 Å². The Kier molecular flexibility index (Phi) is 6.35. The van der Waals surface area contributed by atoms with Gasteiger partial charge in [0.2, 0.25) is 11.8 Å². The molecule has 2 aliphatic rings. The van der Waals surface area contributed by atoms with Crippen molar-refractivity contribution in [3.05, 3.63) is 59.7 Å². The number of benzene rings is 2. The topological polar surface area (TPSA) is 69.7 Å². The molecule has 0 bridgehead atoms. The highest BCUT2D eigenvalue weighted by Crippen LogP contribution is 2.28. The summed E-state index contributed by atoms with van der Waals surface area (Å²) in [5.74, 6) is -0.512. The van der Waals surface area contributed by atoms with Crippen LogP contribution >= 0.6 is 0 Å². The lowest BCUT2D eigenvalue weighted by molar-refractivity contribution is -0.135. The molecule has 1 atom stereocenters. The van der Waals surface area contributed by atoms with E-state index >= 15 is 0 Å². The number of aryl methyl sites for hydroxylation is 1. The monoisotopic (exact) mass is 419 g/mol. The number of rotatable bonds is 4. The van der Waals surface area contributed by atoms with Gasteiger partial charge >= 0.3 is 0 Å². The van der Waals surface area contributed by atoms with E-state index in [1.807, 2.05) is 42.2 Å². The van der Waals surface area contributed by atoms with Crippen LogP contribution in [0.25, 0.3) is 0 Å². The SMILES string of the molecule is Cc1cccc(NC(=O)c2cccc(N3C[C@@H](C(=O)N4CCCCCC4)CC3=O)c2)c1. The van der Waals surface area contributed by atoms with Gasteiger partial charge in [-0.15, -0.1) is 0 Å². The van der Waals surface area contributed by atoms with Crippen LogP contribution in [-0.4, -0.2) is 42.3 Å². The van der Waals surface area contributed by atoms with Gasteiger partial charge in [0.1, 0.15) is 0 Å². The van der Waals surface area contributed by atoms with Gasteiger partial charge in [-0.05, 0) is 55.7 Å². The van der Waals surface area contributed by atoms with Gasteiger partial charge in [0.05, 0.1) is 5.92 Å². The Bertz CT molecular complexity index is 979. The molecule has 6 heteroatoms. The van der Waals surface area contributed by atoms with Crippen molar-refractivity contribution < 1.29 is 14.4 Å². The molecule has 6 nitrogen and oxygen atoms in total. The average Bonchev–Trinajstić information content (AvgIpc) is 2.97. The van der Waals surface area contributed by atoms with E-state index in [0.717, 1.165) is 50.0 Å². The molecule has 31 heavy (non-hydrogen) atoms. The van der Waals surface area contributed by atoms with E-state index < -0.39 is 0 Å². The maximum absolute atomic E-state index is 13.0. The molecular formula is C25H29N3O3. The van der Waals surface area contributed by atoms with Crippen LogP contribution in [0.15, 0.2) is 48.5 Å². The molecule has 2 fully saturated rings. The average molecular weight is 420 g/mol. The van der Waals surface area contributed by atoms with Crippen molar-refractivity contribution in [2.45, 2.75) is 39.0 Å². The molecular weight excluding hydrogens is 390 g/mol. The Morgan fingerprint density at radius 2 is 1.71 bits per heavy atom. The summed E-state index contributed by atoms with van der Waals surface area (Å²) >= 11 is 0. The third-order valence-corrected chi connectivity index (χ3v) is 6.09. The van der Waals surface area contributed by atoms with Crippen LogP contribution < -0.4 is 10.2 Å². The summed E-state index contributed by atoms with van der Waals surface area (Å²) in [4.78, 5) is 42.0. The minimum absolute atomic E-state index is 0.0654. The number of carbonyl (C=O) groups excluding carboxylic acids is 3. The molecule has 0 radical (unpaired) electrons. The van der Waals surface area contributed by atoms with Crippen molar-refractivity contribution in [2.75, 3.05) is 29.9 Å². The van der Waals surface area contributed by atoms with E-state index in [0.29, 0.717) is 17.8 Å². The molecule has 2 aromatic carbocycles. The van der Waals surface area contributed by atoms with Crippen LogP contribution in [-0.2, 0) is 9.59 Å². The van der Waals surface area contributed by atoms with E-state index in [1.165, 1.54) is 0 Å². The summed E-state index contributed by atoms with van der Waals surface area (Å²) in [7, 11) is 0.